The normalized spacial score (nSPS) is 20.5. The van der Waals surface area contributed by atoms with Crippen molar-refractivity contribution >= 4 is 0 Å². The lowest BCUT2D eigenvalue weighted by atomic mass is 9.96. The molecule has 2 aromatic heterocycles. The third kappa shape index (κ3) is 3.17. The standard InChI is InChI=1S/C17H25N5O/c1-12(2)16-19-17(23-20-16)13-5-7-21(8-6-13)10-15-9-18-11-22(15)14-3-4-14/h9,11-14H,3-8,10H2,1-2H3. The van der Waals surface area contributed by atoms with Gasteiger partial charge in [0.25, 0.3) is 0 Å². The topological polar surface area (TPSA) is 60.0 Å². The second kappa shape index (κ2) is 6.07. The van der Waals surface area contributed by atoms with Crippen LogP contribution in [0.25, 0.3) is 0 Å². The molecule has 23 heavy (non-hydrogen) atoms. The number of aromatic nitrogens is 4. The Morgan fingerprint density at radius 1 is 1.22 bits per heavy atom. The summed E-state index contributed by atoms with van der Waals surface area (Å²) in [5, 5.41) is 4.10. The Morgan fingerprint density at radius 3 is 2.65 bits per heavy atom. The second-order valence-corrected chi connectivity index (χ2v) is 7.22. The van der Waals surface area contributed by atoms with Crippen LogP contribution in [0.5, 0.6) is 0 Å². The Balaban J connectivity index is 1.34. The fourth-order valence-electron chi connectivity index (χ4n) is 3.35. The van der Waals surface area contributed by atoms with Crippen molar-refractivity contribution in [3.8, 4) is 0 Å². The van der Waals surface area contributed by atoms with E-state index >= 15 is 0 Å². The fourth-order valence-corrected chi connectivity index (χ4v) is 3.35. The minimum Gasteiger partial charge on any atom is -0.339 e. The number of hydrogen-bond donors (Lipinski definition) is 0. The van der Waals surface area contributed by atoms with Crippen LogP contribution in [0.1, 0.15) is 74.8 Å². The fraction of sp³-hybridized carbons (Fsp3) is 0.706. The molecule has 6 nitrogen and oxygen atoms in total. The number of rotatable bonds is 5. The SMILES string of the molecule is CC(C)c1noc(C2CCN(Cc3cncn3C3CC3)CC2)n1. The van der Waals surface area contributed by atoms with Crippen LogP contribution in [-0.4, -0.2) is 37.7 Å². The van der Waals surface area contributed by atoms with E-state index in [0.717, 1.165) is 44.2 Å². The average Bonchev–Trinajstić information content (AvgIpc) is 3.09. The van der Waals surface area contributed by atoms with Crippen molar-refractivity contribution in [1.82, 2.24) is 24.6 Å². The molecule has 0 unspecified atom stereocenters. The van der Waals surface area contributed by atoms with Crippen molar-refractivity contribution in [2.24, 2.45) is 0 Å². The Morgan fingerprint density at radius 2 is 2.00 bits per heavy atom. The zero-order valence-corrected chi connectivity index (χ0v) is 14.0. The summed E-state index contributed by atoms with van der Waals surface area (Å²) >= 11 is 0. The van der Waals surface area contributed by atoms with Crippen molar-refractivity contribution in [1.29, 1.82) is 0 Å². The Kier molecular flexibility index (Phi) is 3.93. The molecule has 0 atom stereocenters. The van der Waals surface area contributed by atoms with E-state index in [9.17, 15) is 0 Å². The average molecular weight is 315 g/mol. The summed E-state index contributed by atoms with van der Waals surface area (Å²) in [5.74, 6) is 2.40. The summed E-state index contributed by atoms with van der Waals surface area (Å²) < 4.78 is 7.83. The first-order valence-electron chi connectivity index (χ1n) is 8.77. The number of hydrogen-bond acceptors (Lipinski definition) is 5. The van der Waals surface area contributed by atoms with E-state index in [1.54, 1.807) is 0 Å². The molecule has 1 saturated heterocycles. The van der Waals surface area contributed by atoms with Gasteiger partial charge >= 0.3 is 0 Å². The lowest BCUT2D eigenvalue weighted by molar-refractivity contribution is 0.184. The van der Waals surface area contributed by atoms with Crippen LogP contribution in [0, 0.1) is 0 Å². The van der Waals surface area contributed by atoms with Gasteiger partial charge in [-0.2, -0.15) is 4.98 Å². The van der Waals surface area contributed by atoms with E-state index in [-0.39, 0.29) is 0 Å². The van der Waals surface area contributed by atoms with Gasteiger partial charge in [0.2, 0.25) is 5.89 Å². The summed E-state index contributed by atoms with van der Waals surface area (Å²) in [7, 11) is 0. The first-order chi connectivity index (χ1) is 11.2. The molecule has 3 heterocycles. The van der Waals surface area contributed by atoms with Crippen LogP contribution in [-0.2, 0) is 6.54 Å². The summed E-state index contributed by atoms with van der Waals surface area (Å²) in [5.41, 5.74) is 1.35. The predicted molar refractivity (Wildman–Crippen MR) is 86.1 cm³/mol. The number of piperidine rings is 1. The molecule has 0 N–H and O–H groups in total. The van der Waals surface area contributed by atoms with E-state index in [1.165, 1.54) is 18.5 Å². The largest absolute Gasteiger partial charge is 0.339 e. The molecule has 2 aliphatic rings. The zero-order valence-electron chi connectivity index (χ0n) is 14.0. The molecule has 0 spiro atoms. The second-order valence-electron chi connectivity index (χ2n) is 7.22. The van der Waals surface area contributed by atoms with Gasteiger partial charge in [0, 0.05) is 30.6 Å². The third-order valence-corrected chi connectivity index (χ3v) is 4.98. The van der Waals surface area contributed by atoms with Crippen LogP contribution in [0.4, 0.5) is 0 Å². The molecular weight excluding hydrogens is 290 g/mol. The minimum atomic E-state index is 0.329. The van der Waals surface area contributed by atoms with Crippen molar-refractivity contribution in [2.45, 2.75) is 64.0 Å². The van der Waals surface area contributed by atoms with Gasteiger partial charge in [-0.1, -0.05) is 19.0 Å². The Hall–Kier alpha value is -1.69. The van der Waals surface area contributed by atoms with E-state index in [0.29, 0.717) is 17.9 Å². The lowest BCUT2D eigenvalue weighted by Crippen LogP contribution is -2.33. The maximum atomic E-state index is 5.47. The van der Waals surface area contributed by atoms with Crippen LogP contribution in [0.2, 0.25) is 0 Å². The van der Waals surface area contributed by atoms with E-state index in [1.807, 2.05) is 12.5 Å². The molecule has 6 heteroatoms. The lowest BCUT2D eigenvalue weighted by Gasteiger charge is -2.30. The van der Waals surface area contributed by atoms with Crippen molar-refractivity contribution in [3.05, 3.63) is 29.9 Å². The van der Waals surface area contributed by atoms with Gasteiger partial charge < -0.3 is 9.09 Å². The molecule has 1 aliphatic carbocycles. The van der Waals surface area contributed by atoms with Gasteiger partial charge in [-0.25, -0.2) is 4.98 Å². The molecule has 2 aromatic rings. The van der Waals surface area contributed by atoms with Crippen LogP contribution < -0.4 is 0 Å². The molecule has 4 rings (SSSR count). The number of nitrogens with zero attached hydrogens (tertiary/aromatic N) is 5. The monoisotopic (exact) mass is 315 g/mol. The molecule has 2 fully saturated rings. The van der Waals surface area contributed by atoms with Crippen molar-refractivity contribution in [3.63, 3.8) is 0 Å². The maximum absolute atomic E-state index is 5.47. The van der Waals surface area contributed by atoms with Gasteiger partial charge in [-0.15, -0.1) is 0 Å². The maximum Gasteiger partial charge on any atom is 0.229 e. The highest BCUT2D eigenvalue weighted by Gasteiger charge is 2.28. The smallest absolute Gasteiger partial charge is 0.229 e. The summed E-state index contributed by atoms with van der Waals surface area (Å²) in [6.07, 6.45) is 8.82. The van der Waals surface area contributed by atoms with Crippen LogP contribution >= 0.6 is 0 Å². The number of likely N-dealkylation sites (tertiary alicyclic amines) is 1. The first kappa shape index (κ1) is 14.9. The van der Waals surface area contributed by atoms with Gasteiger partial charge in [0.1, 0.15) is 0 Å². The zero-order chi connectivity index (χ0) is 15.8. The predicted octanol–water partition coefficient (Wildman–Crippen LogP) is 3.10. The molecule has 124 valence electrons. The van der Waals surface area contributed by atoms with E-state index in [4.69, 9.17) is 4.52 Å². The van der Waals surface area contributed by atoms with Gasteiger partial charge in [0.05, 0.1) is 12.0 Å². The van der Waals surface area contributed by atoms with E-state index in [2.05, 4.69) is 38.4 Å². The molecule has 0 aromatic carbocycles. The van der Waals surface area contributed by atoms with Crippen molar-refractivity contribution in [2.75, 3.05) is 13.1 Å². The highest BCUT2D eigenvalue weighted by molar-refractivity contribution is 5.05. The third-order valence-electron chi connectivity index (χ3n) is 4.98. The molecular formula is C17H25N5O. The highest BCUT2D eigenvalue weighted by atomic mass is 16.5. The quantitative estimate of drug-likeness (QED) is 0.848. The molecule has 1 saturated carbocycles. The first-order valence-corrected chi connectivity index (χ1v) is 8.77. The summed E-state index contributed by atoms with van der Waals surface area (Å²) in [6.45, 7) is 7.37. The molecule has 1 aliphatic heterocycles. The van der Waals surface area contributed by atoms with Gasteiger partial charge in [-0.05, 0) is 38.8 Å². The Bertz CT molecular complexity index is 649. The molecule has 0 amide bonds. The summed E-state index contributed by atoms with van der Waals surface area (Å²) in [6, 6.07) is 0.706. The Labute approximate surface area is 136 Å². The van der Waals surface area contributed by atoms with Gasteiger partial charge in [0.15, 0.2) is 5.82 Å². The minimum absolute atomic E-state index is 0.329. The van der Waals surface area contributed by atoms with Crippen LogP contribution in [0.3, 0.4) is 0 Å². The summed E-state index contributed by atoms with van der Waals surface area (Å²) in [4.78, 5) is 11.4. The van der Waals surface area contributed by atoms with E-state index < -0.39 is 0 Å². The molecule has 0 radical (unpaired) electrons. The number of imidazole rings is 1. The van der Waals surface area contributed by atoms with Crippen LogP contribution in [0.15, 0.2) is 17.0 Å². The highest BCUT2D eigenvalue weighted by Crippen LogP contribution is 2.36. The van der Waals surface area contributed by atoms with Crippen molar-refractivity contribution < 1.29 is 4.52 Å². The van der Waals surface area contributed by atoms with Gasteiger partial charge in [-0.3, -0.25) is 4.90 Å². The molecule has 0 bridgehead atoms.